The van der Waals surface area contributed by atoms with Gasteiger partial charge in [-0.05, 0) is 30.3 Å². The van der Waals surface area contributed by atoms with Crippen LogP contribution in [0.5, 0.6) is 17.2 Å². The topological polar surface area (TPSA) is 139 Å². The molecule has 0 spiro atoms. The van der Waals surface area contributed by atoms with E-state index in [0.29, 0.717) is 49.6 Å². The van der Waals surface area contributed by atoms with Gasteiger partial charge in [-0.25, -0.2) is 0 Å². The summed E-state index contributed by atoms with van der Waals surface area (Å²) in [5, 5.41) is 15.0. The molecule has 1 amide bonds. The number of hydrogen-bond acceptors (Lipinski definition) is 12. The Balaban J connectivity index is 1.26. The van der Waals surface area contributed by atoms with E-state index in [2.05, 4.69) is 25.7 Å². The molecule has 0 bridgehead atoms. The number of anilines is 1. The Hall–Kier alpha value is -3.97. The molecule has 0 fully saturated rings. The van der Waals surface area contributed by atoms with Crippen LogP contribution in [0.25, 0.3) is 11.4 Å². The summed E-state index contributed by atoms with van der Waals surface area (Å²) in [6, 6.07) is 12.3. The fraction of sp³-hybridized carbons (Fsp3) is 0.250. The van der Waals surface area contributed by atoms with Crippen LogP contribution in [0.1, 0.15) is 22.7 Å². The van der Waals surface area contributed by atoms with Crippen LogP contribution in [0.15, 0.2) is 51.3 Å². The van der Waals surface area contributed by atoms with Crippen molar-refractivity contribution < 1.29 is 28.3 Å². The van der Waals surface area contributed by atoms with E-state index < -0.39 is 0 Å². The molecule has 0 aliphatic carbocycles. The minimum atomic E-state index is -0.272. The van der Waals surface area contributed by atoms with Gasteiger partial charge in [0.2, 0.25) is 22.8 Å². The predicted molar refractivity (Wildman–Crippen MR) is 138 cm³/mol. The monoisotopic (exact) mass is 541 g/mol. The number of Topliss-reactive ketones (excluding diaryl/α,β-unsaturated/α-hetero) is 1. The van der Waals surface area contributed by atoms with Crippen molar-refractivity contribution in [3.63, 3.8) is 0 Å². The smallest absolute Gasteiger partial charge is 0.227 e. The Morgan fingerprint density at radius 1 is 1.00 bits per heavy atom. The molecule has 0 saturated heterocycles. The number of nitrogens with one attached hydrogen (secondary N) is 1. The molecule has 11 nitrogen and oxygen atoms in total. The van der Waals surface area contributed by atoms with Gasteiger partial charge in [-0.1, -0.05) is 40.4 Å². The highest BCUT2D eigenvalue weighted by molar-refractivity contribution is 8.01. The molecule has 0 aliphatic rings. The van der Waals surface area contributed by atoms with E-state index in [1.54, 1.807) is 31.4 Å². The molecule has 2 heterocycles. The van der Waals surface area contributed by atoms with Crippen LogP contribution in [-0.2, 0) is 11.2 Å². The number of para-hydroxylation sites is 1. The molecule has 2 aromatic heterocycles. The largest absolute Gasteiger partial charge is 0.496 e. The van der Waals surface area contributed by atoms with Crippen molar-refractivity contribution in [2.24, 2.45) is 0 Å². The van der Waals surface area contributed by atoms with Crippen LogP contribution in [0.4, 0.5) is 5.13 Å². The van der Waals surface area contributed by atoms with Crippen molar-refractivity contribution in [2.75, 3.05) is 32.4 Å². The van der Waals surface area contributed by atoms with E-state index in [0.717, 1.165) is 0 Å². The fourth-order valence-corrected chi connectivity index (χ4v) is 4.90. The van der Waals surface area contributed by atoms with Crippen molar-refractivity contribution in [3.8, 4) is 28.6 Å². The van der Waals surface area contributed by atoms with Gasteiger partial charge in [0.05, 0.1) is 32.6 Å². The number of nitrogens with zero attached hydrogens (tertiary/aromatic N) is 4. The maximum absolute atomic E-state index is 12.6. The maximum atomic E-state index is 12.6. The zero-order valence-electron chi connectivity index (χ0n) is 20.2. The van der Waals surface area contributed by atoms with Crippen LogP contribution < -0.4 is 19.5 Å². The Labute approximate surface area is 220 Å². The van der Waals surface area contributed by atoms with Crippen LogP contribution >= 0.6 is 23.1 Å². The minimum absolute atomic E-state index is 0.0983. The number of rotatable bonds is 12. The highest BCUT2D eigenvalue weighted by Gasteiger charge is 2.16. The molecule has 4 aromatic rings. The standard InChI is InChI=1S/C24H23N5O6S2/c1-32-17-7-5-4-6-15(17)22-26-21(35-29-22)11-10-20(31)25-23-27-28-24(37-23)36-13-16(30)14-8-9-18(33-2)19(12-14)34-3/h4-9,12H,10-11,13H2,1-3H3,(H,25,27,31). The minimum Gasteiger partial charge on any atom is -0.496 e. The van der Waals surface area contributed by atoms with E-state index in [-0.39, 0.29) is 30.3 Å². The maximum Gasteiger partial charge on any atom is 0.227 e. The lowest BCUT2D eigenvalue weighted by molar-refractivity contribution is -0.116. The Morgan fingerprint density at radius 2 is 1.78 bits per heavy atom. The Kier molecular flexibility index (Phi) is 8.69. The van der Waals surface area contributed by atoms with Gasteiger partial charge in [-0.2, -0.15) is 4.98 Å². The summed E-state index contributed by atoms with van der Waals surface area (Å²) in [5.74, 6) is 2.17. The Morgan fingerprint density at radius 3 is 2.57 bits per heavy atom. The van der Waals surface area contributed by atoms with Gasteiger partial charge < -0.3 is 24.1 Å². The van der Waals surface area contributed by atoms with Gasteiger partial charge in [0.15, 0.2) is 21.6 Å². The number of benzene rings is 2. The van der Waals surface area contributed by atoms with Crippen molar-refractivity contribution in [2.45, 2.75) is 17.2 Å². The van der Waals surface area contributed by atoms with Gasteiger partial charge in [0, 0.05) is 18.4 Å². The Bertz CT molecular complexity index is 1390. The number of aryl methyl sites for hydroxylation is 1. The second kappa shape index (κ2) is 12.3. The highest BCUT2D eigenvalue weighted by atomic mass is 32.2. The lowest BCUT2D eigenvalue weighted by atomic mass is 10.1. The van der Waals surface area contributed by atoms with Crippen molar-refractivity contribution in [3.05, 3.63) is 53.9 Å². The molecule has 13 heteroatoms. The fourth-order valence-electron chi connectivity index (χ4n) is 3.24. The van der Waals surface area contributed by atoms with E-state index in [1.807, 2.05) is 18.2 Å². The summed E-state index contributed by atoms with van der Waals surface area (Å²) in [4.78, 5) is 29.3. The third-order valence-electron chi connectivity index (χ3n) is 5.07. The van der Waals surface area contributed by atoms with E-state index in [1.165, 1.54) is 37.3 Å². The third-order valence-corrected chi connectivity index (χ3v) is 7.04. The van der Waals surface area contributed by atoms with Gasteiger partial charge in [-0.15, -0.1) is 10.2 Å². The third kappa shape index (κ3) is 6.62. The van der Waals surface area contributed by atoms with Crippen LogP contribution in [0.3, 0.4) is 0 Å². The molecule has 2 aromatic carbocycles. The lowest BCUT2D eigenvalue weighted by Gasteiger charge is -2.08. The number of carbonyl (C=O) groups excluding carboxylic acids is 2. The quantitative estimate of drug-likeness (QED) is 0.157. The normalized spacial score (nSPS) is 10.7. The number of thioether (sulfide) groups is 1. The first-order chi connectivity index (χ1) is 18.0. The summed E-state index contributed by atoms with van der Waals surface area (Å²) in [7, 11) is 4.61. The highest BCUT2D eigenvalue weighted by Crippen LogP contribution is 2.30. The molecule has 0 aliphatic heterocycles. The number of hydrogen-bond donors (Lipinski definition) is 1. The van der Waals surface area contributed by atoms with E-state index in [4.69, 9.17) is 18.7 Å². The number of amides is 1. The van der Waals surface area contributed by atoms with Crippen molar-refractivity contribution in [1.82, 2.24) is 20.3 Å². The summed E-state index contributed by atoms with van der Waals surface area (Å²) in [5.41, 5.74) is 1.20. The predicted octanol–water partition coefficient (Wildman–Crippen LogP) is 4.16. The van der Waals surface area contributed by atoms with E-state index in [9.17, 15) is 9.59 Å². The molecular weight excluding hydrogens is 518 g/mol. The van der Waals surface area contributed by atoms with Crippen LogP contribution in [-0.4, -0.2) is 59.1 Å². The molecule has 4 rings (SSSR count). The number of aromatic nitrogens is 4. The van der Waals surface area contributed by atoms with E-state index >= 15 is 0 Å². The second-order valence-electron chi connectivity index (χ2n) is 7.41. The molecule has 192 valence electrons. The summed E-state index contributed by atoms with van der Waals surface area (Å²) in [6.07, 6.45) is 0.377. The van der Waals surface area contributed by atoms with Gasteiger partial charge in [0.25, 0.3) is 0 Å². The van der Waals surface area contributed by atoms with Crippen molar-refractivity contribution in [1.29, 1.82) is 0 Å². The van der Waals surface area contributed by atoms with Gasteiger partial charge >= 0.3 is 0 Å². The molecule has 0 radical (unpaired) electrons. The zero-order chi connectivity index (χ0) is 26.2. The number of ether oxygens (including phenoxy) is 3. The SMILES string of the molecule is COc1ccc(C(=O)CSc2nnc(NC(=O)CCc3nc(-c4ccccc4OC)no3)s2)cc1OC. The van der Waals surface area contributed by atoms with Gasteiger partial charge in [-0.3, -0.25) is 9.59 Å². The first-order valence-electron chi connectivity index (χ1n) is 11.0. The molecule has 37 heavy (non-hydrogen) atoms. The molecule has 0 saturated carbocycles. The zero-order valence-corrected chi connectivity index (χ0v) is 21.9. The first kappa shape index (κ1) is 26.1. The summed E-state index contributed by atoms with van der Waals surface area (Å²) < 4.78 is 21.6. The lowest BCUT2D eigenvalue weighted by Crippen LogP contribution is -2.12. The molecular formula is C24H23N5O6S2. The molecule has 0 atom stereocenters. The average molecular weight is 542 g/mol. The number of methoxy groups -OCH3 is 3. The molecule has 0 unspecified atom stereocenters. The number of ketones is 1. The van der Waals surface area contributed by atoms with Crippen molar-refractivity contribution >= 4 is 39.9 Å². The van der Waals surface area contributed by atoms with Crippen LogP contribution in [0.2, 0.25) is 0 Å². The van der Waals surface area contributed by atoms with Gasteiger partial charge in [0.1, 0.15) is 5.75 Å². The number of carbonyl (C=O) groups is 2. The summed E-state index contributed by atoms with van der Waals surface area (Å²) in [6.45, 7) is 0. The average Bonchev–Trinajstić information content (AvgIpc) is 3.59. The van der Waals surface area contributed by atoms with Crippen LogP contribution in [0, 0.1) is 0 Å². The first-order valence-corrected chi connectivity index (χ1v) is 12.8. The summed E-state index contributed by atoms with van der Waals surface area (Å²) >= 11 is 2.42. The molecule has 1 N–H and O–H groups in total. The second-order valence-corrected chi connectivity index (χ2v) is 9.61.